The van der Waals surface area contributed by atoms with Crippen LogP contribution in [-0.2, 0) is 11.3 Å². The minimum absolute atomic E-state index is 0.126. The largest absolute Gasteiger partial charge is 0.348 e. The van der Waals surface area contributed by atoms with Crippen LogP contribution < -0.4 is 5.32 Å². The fraction of sp³-hybridized carbons (Fsp3) is 0.286. The molecule has 1 fully saturated rings. The molecule has 0 aliphatic carbocycles. The van der Waals surface area contributed by atoms with Crippen molar-refractivity contribution in [2.24, 2.45) is 0 Å². The van der Waals surface area contributed by atoms with Crippen molar-refractivity contribution in [2.75, 3.05) is 18.8 Å². The molecule has 1 aliphatic heterocycles. The number of hydrogen-bond acceptors (Lipinski definition) is 4. The molecule has 0 saturated carbocycles. The number of nitriles is 1. The Labute approximate surface area is 163 Å². The molecule has 5 nitrogen and oxygen atoms in total. The average molecular weight is 379 g/mol. The highest BCUT2D eigenvalue weighted by molar-refractivity contribution is 8.00. The summed E-state index contributed by atoms with van der Waals surface area (Å²) in [5.74, 6) is 0.282. The van der Waals surface area contributed by atoms with Gasteiger partial charge in [0.1, 0.15) is 0 Å². The zero-order valence-electron chi connectivity index (χ0n) is 15.0. The van der Waals surface area contributed by atoms with Crippen molar-refractivity contribution in [1.29, 1.82) is 5.26 Å². The van der Waals surface area contributed by atoms with Crippen molar-refractivity contribution in [2.45, 2.75) is 24.3 Å². The number of benzene rings is 2. The van der Waals surface area contributed by atoms with Crippen molar-refractivity contribution < 1.29 is 9.59 Å². The van der Waals surface area contributed by atoms with E-state index in [9.17, 15) is 9.59 Å². The van der Waals surface area contributed by atoms with Gasteiger partial charge < -0.3 is 10.2 Å². The number of nitrogens with zero attached hydrogens (tertiary/aromatic N) is 2. The van der Waals surface area contributed by atoms with E-state index in [0.717, 1.165) is 36.4 Å². The van der Waals surface area contributed by atoms with Crippen molar-refractivity contribution in [1.82, 2.24) is 10.2 Å². The summed E-state index contributed by atoms with van der Waals surface area (Å²) in [5, 5.41) is 11.9. The van der Waals surface area contributed by atoms with Crippen LogP contribution >= 0.6 is 11.8 Å². The molecule has 0 unspecified atom stereocenters. The first-order chi connectivity index (χ1) is 13.2. The summed E-state index contributed by atoms with van der Waals surface area (Å²) in [6.45, 7) is 2.02. The van der Waals surface area contributed by atoms with Crippen LogP contribution in [0.1, 0.15) is 34.3 Å². The van der Waals surface area contributed by atoms with Crippen molar-refractivity contribution >= 4 is 23.6 Å². The van der Waals surface area contributed by atoms with Gasteiger partial charge in [-0.3, -0.25) is 9.59 Å². The van der Waals surface area contributed by atoms with Gasteiger partial charge in [-0.1, -0.05) is 24.3 Å². The molecule has 3 rings (SSSR count). The number of carbonyl (C=O) groups excluding carboxylic acids is 2. The molecule has 0 bridgehead atoms. The molecule has 1 heterocycles. The van der Waals surface area contributed by atoms with Crippen molar-refractivity contribution in [3.05, 3.63) is 65.2 Å². The molecule has 0 spiro atoms. The van der Waals surface area contributed by atoms with Gasteiger partial charge in [0, 0.05) is 24.5 Å². The van der Waals surface area contributed by atoms with Gasteiger partial charge in [-0.2, -0.15) is 5.26 Å². The third-order valence-electron chi connectivity index (χ3n) is 4.45. The van der Waals surface area contributed by atoms with Gasteiger partial charge in [0.15, 0.2) is 0 Å². The van der Waals surface area contributed by atoms with E-state index in [-0.39, 0.29) is 11.8 Å². The monoisotopic (exact) mass is 379 g/mol. The Hall–Kier alpha value is -2.78. The first-order valence-electron chi connectivity index (χ1n) is 8.94. The number of thioether (sulfide) groups is 1. The fourth-order valence-electron chi connectivity index (χ4n) is 3.01. The van der Waals surface area contributed by atoms with Gasteiger partial charge in [-0.25, -0.2) is 0 Å². The van der Waals surface area contributed by atoms with Crippen LogP contribution in [0.25, 0.3) is 0 Å². The van der Waals surface area contributed by atoms with E-state index < -0.39 is 0 Å². The lowest BCUT2D eigenvalue weighted by Gasteiger charge is -2.15. The van der Waals surface area contributed by atoms with Gasteiger partial charge >= 0.3 is 0 Å². The first-order valence-corrected chi connectivity index (χ1v) is 9.93. The maximum atomic E-state index is 12.6. The number of hydrogen-bond donors (Lipinski definition) is 1. The number of nitrogens with one attached hydrogen (secondary N) is 1. The highest BCUT2D eigenvalue weighted by Crippen LogP contribution is 2.24. The van der Waals surface area contributed by atoms with E-state index in [1.165, 1.54) is 11.8 Å². The predicted molar refractivity (Wildman–Crippen MR) is 105 cm³/mol. The second kappa shape index (κ2) is 9.24. The Bertz CT molecular complexity index is 870. The second-order valence-corrected chi connectivity index (χ2v) is 7.38. The van der Waals surface area contributed by atoms with E-state index in [1.807, 2.05) is 29.2 Å². The molecule has 138 valence electrons. The Balaban J connectivity index is 1.61. The highest BCUT2D eigenvalue weighted by atomic mass is 32.2. The fourth-order valence-corrected chi connectivity index (χ4v) is 3.96. The van der Waals surface area contributed by atoms with E-state index in [2.05, 4.69) is 11.4 Å². The second-order valence-electron chi connectivity index (χ2n) is 6.37. The molecular formula is C21H21N3O2S. The lowest BCUT2D eigenvalue weighted by atomic mass is 10.1. The predicted octanol–water partition coefficient (Wildman–Crippen LogP) is 3.20. The van der Waals surface area contributed by atoms with Crippen molar-refractivity contribution in [3.8, 4) is 6.07 Å². The molecule has 1 saturated heterocycles. The third kappa shape index (κ3) is 5.11. The van der Waals surface area contributed by atoms with E-state index in [4.69, 9.17) is 5.26 Å². The minimum atomic E-state index is -0.186. The van der Waals surface area contributed by atoms with Crippen molar-refractivity contribution in [3.63, 3.8) is 0 Å². The Morgan fingerprint density at radius 1 is 1.11 bits per heavy atom. The third-order valence-corrected chi connectivity index (χ3v) is 5.51. The van der Waals surface area contributed by atoms with Gasteiger partial charge in [0.2, 0.25) is 5.91 Å². The molecule has 2 aromatic rings. The van der Waals surface area contributed by atoms with Crippen LogP contribution in [0.5, 0.6) is 0 Å². The van der Waals surface area contributed by atoms with E-state index in [1.54, 1.807) is 24.3 Å². The molecule has 2 aromatic carbocycles. The SMILES string of the molecule is N#Cc1cccc(CNC(=O)c2ccccc2SCC(=O)N2CCCC2)c1. The van der Waals surface area contributed by atoms with Crippen LogP contribution in [0.2, 0.25) is 0 Å². The van der Waals surface area contributed by atoms with Gasteiger partial charge in [-0.05, 0) is 42.7 Å². The molecule has 2 amide bonds. The highest BCUT2D eigenvalue weighted by Gasteiger charge is 2.19. The Kier molecular flexibility index (Phi) is 6.50. The molecule has 0 radical (unpaired) electrons. The quantitative estimate of drug-likeness (QED) is 0.782. The molecule has 6 heteroatoms. The molecule has 0 atom stereocenters. The van der Waals surface area contributed by atoms with Gasteiger partial charge in [0.05, 0.1) is 22.9 Å². The summed E-state index contributed by atoms with van der Waals surface area (Å²) in [7, 11) is 0. The first kappa shape index (κ1) is 19.0. The number of amides is 2. The summed E-state index contributed by atoms with van der Waals surface area (Å²) >= 11 is 1.40. The normalized spacial score (nSPS) is 13.2. The molecule has 1 aliphatic rings. The molecule has 27 heavy (non-hydrogen) atoms. The average Bonchev–Trinajstić information content (AvgIpc) is 3.25. The zero-order valence-corrected chi connectivity index (χ0v) is 15.8. The van der Waals surface area contributed by atoms with Gasteiger partial charge in [0.25, 0.3) is 5.91 Å². The van der Waals surface area contributed by atoms with Crippen LogP contribution in [0.4, 0.5) is 0 Å². The number of likely N-dealkylation sites (tertiary alicyclic amines) is 1. The van der Waals surface area contributed by atoms with Crippen LogP contribution in [-0.4, -0.2) is 35.6 Å². The van der Waals surface area contributed by atoms with Gasteiger partial charge in [-0.15, -0.1) is 11.8 Å². The maximum Gasteiger partial charge on any atom is 0.252 e. The molecule has 1 N–H and O–H groups in total. The van der Waals surface area contributed by atoms with E-state index >= 15 is 0 Å². The van der Waals surface area contributed by atoms with E-state index in [0.29, 0.717) is 23.4 Å². The Morgan fingerprint density at radius 2 is 1.89 bits per heavy atom. The smallest absolute Gasteiger partial charge is 0.252 e. The van der Waals surface area contributed by atoms with Crippen LogP contribution in [0, 0.1) is 11.3 Å². The van der Waals surface area contributed by atoms with Crippen LogP contribution in [0.3, 0.4) is 0 Å². The standard InChI is InChI=1S/C21H21N3O2S/c22-13-16-6-5-7-17(12-16)14-23-21(26)18-8-1-2-9-19(18)27-15-20(25)24-10-3-4-11-24/h1-2,5-9,12H,3-4,10-11,14-15H2,(H,23,26). The van der Waals surface area contributed by atoms with Crippen LogP contribution in [0.15, 0.2) is 53.4 Å². The number of rotatable bonds is 6. The topological polar surface area (TPSA) is 73.2 Å². The summed E-state index contributed by atoms with van der Waals surface area (Å²) < 4.78 is 0. The Morgan fingerprint density at radius 3 is 2.67 bits per heavy atom. The maximum absolute atomic E-state index is 12.6. The molecular weight excluding hydrogens is 358 g/mol. The summed E-state index contributed by atoms with van der Waals surface area (Å²) in [4.78, 5) is 27.5. The minimum Gasteiger partial charge on any atom is -0.348 e. The number of carbonyl (C=O) groups is 2. The molecule has 0 aromatic heterocycles. The summed E-state index contributed by atoms with van der Waals surface area (Å²) in [6, 6.07) is 16.6. The lowest BCUT2D eigenvalue weighted by Crippen LogP contribution is -2.29. The lowest BCUT2D eigenvalue weighted by molar-refractivity contribution is -0.127. The summed E-state index contributed by atoms with van der Waals surface area (Å²) in [5.41, 5.74) is 2.00. The summed E-state index contributed by atoms with van der Waals surface area (Å²) in [6.07, 6.45) is 2.14. The zero-order chi connectivity index (χ0) is 19.1.